The molecule has 0 aliphatic rings. The van der Waals surface area contributed by atoms with E-state index in [0.717, 1.165) is 17.3 Å². The fraction of sp³-hybridized carbons (Fsp3) is 0.154. The third kappa shape index (κ3) is 4.11. The number of hydrogen-bond donors (Lipinski definition) is 2. The number of nitrogens with one attached hydrogen (secondary N) is 2. The van der Waals surface area contributed by atoms with Gasteiger partial charge in [-0.2, -0.15) is 0 Å². The number of carbonyl (C=O) groups is 1. The van der Waals surface area contributed by atoms with E-state index in [1.165, 1.54) is 12.3 Å². The quantitative estimate of drug-likeness (QED) is 0.672. The lowest BCUT2D eigenvalue weighted by Crippen LogP contribution is -2.15. The number of aromatic nitrogens is 2. The van der Waals surface area contributed by atoms with Crippen LogP contribution >= 0.6 is 23.4 Å². The van der Waals surface area contributed by atoms with Crippen LogP contribution in [0.15, 0.2) is 40.4 Å². The molecule has 5 nitrogen and oxygen atoms in total. The molecule has 2 aromatic rings. The molecule has 0 unspecified atom stereocenters. The Morgan fingerprint density at radius 1 is 1.45 bits per heavy atom. The molecule has 0 radical (unpaired) electrons. The highest BCUT2D eigenvalue weighted by molar-refractivity contribution is 7.99. The van der Waals surface area contributed by atoms with E-state index in [4.69, 9.17) is 11.6 Å². The minimum atomic E-state index is -0.242. The summed E-state index contributed by atoms with van der Waals surface area (Å²) in [7, 11) is 0. The summed E-state index contributed by atoms with van der Waals surface area (Å²) in [6.45, 7) is 1.89. The van der Waals surface area contributed by atoms with Gasteiger partial charge in [-0.1, -0.05) is 29.4 Å². The minimum absolute atomic E-state index is 0.151. The second-order valence-corrected chi connectivity index (χ2v) is 5.41. The monoisotopic (exact) mass is 309 g/mol. The number of aryl methyl sites for hydroxylation is 1. The number of rotatable bonds is 4. The molecule has 1 aromatic heterocycles. The first-order valence-corrected chi connectivity index (χ1v) is 7.15. The van der Waals surface area contributed by atoms with Crippen LogP contribution in [0.3, 0.4) is 0 Å². The van der Waals surface area contributed by atoms with Gasteiger partial charge in [0.25, 0.3) is 5.56 Å². The molecule has 7 heteroatoms. The molecule has 1 heterocycles. The van der Waals surface area contributed by atoms with Crippen molar-refractivity contribution in [2.75, 3.05) is 11.1 Å². The maximum atomic E-state index is 11.8. The van der Waals surface area contributed by atoms with E-state index in [1.807, 2.05) is 13.0 Å². The van der Waals surface area contributed by atoms with Crippen molar-refractivity contribution >= 4 is 35.0 Å². The van der Waals surface area contributed by atoms with E-state index in [1.54, 1.807) is 12.1 Å². The maximum absolute atomic E-state index is 11.8. The van der Waals surface area contributed by atoms with Gasteiger partial charge in [0, 0.05) is 23.0 Å². The summed E-state index contributed by atoms with van der Waals surface area (Å²) in [5, 5.41) is 3.74. The van der Waals surface area contributed by atoms with Gasteiger partial charge < -0.3 is 10.3 Å². The molecule has 1 aromatic carbocycles. The molecule has 0 aliphatic carbocycles. The zero-order valence-electron chi connectivity index (χ0n) is 10.6. The number of thioether (sulfide) groups is 1. The summed E-state index contributed by atoms with van der Waals surface area (Å²) >= 11 is 7.14. The van der Waals surface area contributed by atoms with Gasteiger partial charge in [-0.05, 0) is 24.6 Å². The van der Waals surface area contributed by atoms with Crippen molar-refractivity contribution in [1.82, 2.24) is 9.97 Å². The van der Waals surface area contributed by atoms with Crippen molar-refractivity contribution < 1.29 is 4.79 Å². The van der Waals surface area contributed by atoms with Crippen LogP contribution in [0, 0.1) is 6.92 Å². The molecule has 2 rings (SSSR count). The lowest BCUT2D eigenvalue weighted by Gasteiger charge is -2.06. The molecule has 0 saturated carbocycles. The Labute approximate surface area is 124 Å². The van der Waals surface area contributed by atoms with E-state index >= 15 is 0 Å². The van der Waals surface area contributed by atoms with Crippen molar-refractivity contribution in [3.63, 3.8) is 0 Å². The molecule has 1 amide bonds. The maximum Gasteiger partial charge on any atom is 0.251 e. The predicted octanol–water partition coefficient (Wildman–Crippen LogP) is 2.46. The number of anilines is 1. The fourth-order valence-corrected chi connectivity index (χ4v) is 2.26. The van der Waals surface area contributed by atoms with Crippen LogP contribution in [0.4, 0.5) is 5.69 Å². The van der Waals surface area contributed by atoms with Crippen LogP contribution in [0.1, 0.15) is 5.56 Å². The number of amides is 1. The van der Waals surface area contributed by atoms with Gasteiger partial charge in [0.2, 0.25) is 5.91 Å². The van der Waals surface area contributed by atoms with Crippen LogP contribution in [-0.2, 0) is 4.79 Å². The van der Waals surface area contributed by atoms with Crippen molar-refractivity contribution in [3.8, 4) is 0 Å². The highest BCUT2D eigenvalue weighted by Crippen LogP contribution is 2.20. The predicted molar refractivity (Wildman–Crippen MR) is 80.4 cm³/mol. The number of hydrogen-bond acceptors (Lipinski definition) is 4. The van der Waals surface area contributed by atoms with E-state index in [-0.39, 0.29) is 17.2 Å². The van der Waals surface area contributed by atoms with Gasteiger partial charge in [-0.3, -0.25) is 9.59 Å². The summed E-state index contributed by atoms with van der Waals surface area (Å²) in [4.78, 5) is 29.3. The van der Waals surface area contributed by atoms with Crippen LogP contribution in [-0.4, -0.2) is 21.6 Å². The Bertz CT molecular complexity index is 687. The Balaban J connectivity index is 1.92. The van der Waals surface area contributed by atoms with Gasteiger partial charge in [-0.25, -0.2) is 4.98 Å². The van der Waals surface area contributed by atoms with Gasteiger partial charge in [0.1, 0.15) is 0 Å². The van der Waals surface area contributed by atoms with Crippen LogP contribution in [0.25, 0.3) is 0 Å². The Hall–Kier alpha value is -1.79. The molecule has 0 saturated heterocycles. The van der Waals surface area contributed by atoms with Crippen molar-refractivity contribution in [2.45, 2.75) is 12.1 Å². The van der Waals surface area contributed by atoms with E-state index < -0.39 is 0 Å². The van der Waals surface area contributed by atoms with E-state index in [2.05, 4.69) is 15.3 Å². The Morgan fingerprint density at radius 3 is 2.95 bits per heavy atom. The number of carbonyl (C=O) groups excluding carboxylic acids is 1. The second-order valence-electron chi connectivity index (χ2n) is 4.04. The molecule has 0 aliphatic heterocycles. The number of halogens is 1. The molecular weight excluding hydrogens is 298 g/mol. The first kappa shape index (κ1) is 14.6. The van der Waals surface area contributed by atoms with Crippen LogP contribution in [0.2, 0.25) is 5.02 Å². The fourth-order valence-electron chi connectivity index (χ4n) is 1.43. The lowest BCUT2D eigenvalue weighted by molar-refractivity contribution is -0.113. The van der Waals surface area contributed by atoms with Crippen molar-refractivity contribution in [1.29, 1.82) is 0 Å². The molecule has 0 fully saturated rings. The first-order chi connectivity index (χ1) is 9.54. The van der Waals surface area contributed by atoms with Crippen molar-refractivity contribution in [3.05, 3.63) is 51.4 Å². The number of H-pyrrole nitrogens is 1. The minimum Gasteiger partial charge on any atom is -0.325 e. The lowest BCUT2D eigenvalue weighted by atomic mass is 10.2. The highest BCUT2D eigenvalue weighted by atomic mass is 35.5. The topological polar surface area (TPSA) is 74.8 Å². The summed E-state index contributed by atoms with van der Waals surface area (Å²) < 4.78 is 0. The third-order valence-electron chi connectivity index (χ3n) is 2.44. The summed E-state index contributed by atoms with van der Waals surface area (Å²) in [5.41, 5.74) is 1.35. The van der Waals surface area contributed by atoms with E-state index in [9.17, 15) is 9.59 Å². The van der Waals surface area contributed by atoms with Gasteiger partial charge in [-0.15, -0.1) is 0 Å². The molecule has 0 atom stereocenters. The zero-order valence-corrected chi connectivity index (χ0v) is 12.2. The second kappa shape index (κ2) is 6.58. The van der Waals surface area contributed by atoms with E-state index in [0.29, 0.717) is 15.9 Å². The third-order valence-corrected chi connectivity index (χ3v) is 3.74. The molecule has 0 spiro atoms. The smallest absolute Gasteiger partial charge is 0.251 e. The van der Waals surface area contributed by atoms with Gasteiger partial charge in [0.15, 0.2) is 5.16 Å². The molecule has 0 bridgehead atoms. The average Bonchev–Trinajstić information content (AvgIpc) is 2.41. The number of benzene rings is 1. The summed E-state index contributed by atoms with van der Waals surface area (Å²) in [6, 6.07) is 6.63. The van der Waals surface area contributed by atoms with Crippen molar-refractivity contribution in [2.24, 2.45) is 0 Å². The Morgan fingerprint density at radius 2 is 2.25 bits per heavy atom. The number of nitrogens with zero attached hydrogens (tertiary/aromatic N) is 1. The number of aromatic amines is 1. The van der Waals surface area contributed by atoms with Gasteiger partial charge in [0.05, 0.1) is 5.75 Å². The molecular formula is C13H12ClN3O2S. The average molecular weight is 310 g/mol. The SMILES string of the molecule is Cc1ccc(NC(=O)CSc2nccc(=O)[nH]2)cc1Cl. The standard InChI is InChI=1S/C13H12ClN3O2S/c1-8-2-3-9(6-10(8)14)16-12(19)7-20-13-15-5-4-11(18)17-13/h2-6H,7H2,1H3,(H,16,19)(H,15,17,18). The molecule has 104 valence electrons. The van der Waals surface area contributed by atoms with Crippen LogP contribution < -0.4 is 10.9 Å². The van der Waals surface area contributed by atoms with Gasteiger partial charge >= 0.3 is 0 Å². The summed E-state index contributed by atoms with van der Waals surface area (Å²) in [6.07, 6.45) is 1.40. The normalized spacial score (nSPS) is 10.3. The largest absolute Gasteiger partial charge is 0.325 e. The highest BCUT2D eigenvalue weighted by Gasteiger charge is 2.06. The zero-order chi connectivity index (χ0) is 14.5. The first-order valence-electron chi connectivity index (χ1n) is 5.79. The Kier molecular flexibility index (Phi) is 4.81. The molecule has 20 heavy (non-hydrogen) atoms. The molecule has 2 N–H and O–H groups in total. The van der Waals surface area contributed by atoms with Crippen LogP contribution in [0.5, 0.6) is 0 Å². The summed E-state index contributed by atoms with van der Waals surface area (Å²) in [5.74, 6) is -0.0419.